The van der Waals surface area contributed by atoms with Crippen LogP contribution in [0, 0.1) is 0 Å². The van der Waals surface area contributed by atoms with Gasteiger partial charge in [-0.25, -0.2) is 0 Å². The predicted octanol–water partition coefficient (Wildman–Crippen LogP) is 2.32. The molecular formula is C26H33N3O6. The van der Waals surface area contributed by atoms with E-state index in [1.807, 2.05) is 42.5 Å². The van der Waals surface area contributed by atoms with Crippen LogP contribution in [0.4, 0.5) is 5.69 Å². The highest BCUT2D eigenvalue weighted by Gasteiger charge is 2.24. The zero-order valence-electron chi connectivity index (χ0n) is 20.5. The van der Waals surface area contributed by atoms with Crippen LogP contribution < -0.4 is 25.0 Å². The van der Waals surface area contributed by atoms with E-state index < -0.39 is 5.97 Å². The Bertz CT molecular complexity index is 1030. The number of para-hydroxylation sites is 1. The summed E-state index contributed by atoms with van der Waals surface area (Å²) in [6.07, 6.45) is 1.83. The molecule has 0 aromatic heterocycles. The Morgan fingerprint density at radius 1 is 0.971 bits per heavy atom. The Kier molecular flexibility index (Phi) is 9.34. The fourth-order valence-corrected chi connectivity index (χ4v) is 4.14. The molecule has 3 rings (SSSR count). The van der Waals surface area contributed by atoms with Crippen molar-refractivity contribution in [2.24, 2.45) is 0 Å². The van der Waals surface area contributed by atoms with E-state index >= 15 is 0 Å². The summed E-state index contributed by atoms with van der Waals surface area (Å²) in [6, 6.07) is 13.2. The normalized spacial score (nSPS) is 13.6. The second-order valence-electron chi connectivity index (χ2n) is 8.29. The van der Waals surface area contributed by atoms with E-state index in [4.69, 9.17) is 9.47 Å². The molecule has 1 fully saturated rings. The van der Waals surface area contributed by atoms with E-state index in [1.165, 1.54) is 7.11 Å². The average molecular weight is 484 g/mol. The number of carbonyl (C=O) groups excluding carboxylic acids is 3. The van der Waals surface area contributed by atoms with Gasteiger partial charge in [0, 0.05) is 31.4 Å². The number of benzene rings is 2. The Labute approximate surface area is 205 Å². The summed E-state index contributed by atoms with van der Waals surface area (Å²) in [5.41, 5.74) is 2.52. The van der Waals surface area contributed by atoms with Crippen molar-refractivity contribution in [3.63, 3.8) is 0 Å². The number of methoxy groups -OCH3 is 3. The zero-order chi connectivity index (χ0) is 25.2. The molecule has 1 aliphatic heterocycles. The molecule has 0 atom stereocenters. The van der Waals surface area contributed by atoms with Crippen molar-refractivity contribution >= 4 is 23.5 Å². The number of carbonyl (C=O) groups is 3. The summed E-state index contributed by atoms with van der Waals surface area (Å²) >= 11 is 0. The first-order valence-electron chi connectivity index (χ1n) is 11.6. The van der Waals surface area contributed by atoms with Crippen molar-refractivity contribution in [2.75, 3.05) is 45.9 Å². The molecule has 2 aromatic rings. The molecule has 9 heteroatoms. The molecule has 0 bridgehead atoms. The summed E-state index contributed by atoms with van der Waals surface area (Å²) < 4.78 is 15.2. The highest BCUT2D eigenvalue weighted by Crippen LogP contribution is 2.28. The Morgan fingerprint density at radius 2 is 1.69 bits per heavy atom. The molecule has 0 aliphatic carbocycles. The van der Waals surface area contributed by atoms with Crippen LogP contribution in [0.1, 0.15) is 35.2 Å². The van der Waals surface area contributed by atoms with Gasteiger partial charge in [0.2, 0.25) is 5.91 Å². The summed E-state index contributed by atoms with van der Waals surface area (Å²) in [6.45, 7) is 1.87. The number of amides is 2. The summed E-state index contributed by atoms with van der Waals surface area (Å²) in [5, 5.41) is 5.90. The predicted molar refractivity (Wildman–Crippen MR) is 132 cm³/mol. The van der Waals surface area contributed by atoms with Crippen LogP contribution in [-0.2, 0) is 20.7 Å². The van der Waals surface area contributed by atoms with Crippen molar-refractivity contribution in [3.8, 4) is 11.5 Å². The minimum atomic E-state index is -0.550. The number of anilines is 1. The summed E-state index contributed by atoms with van der Waals surface area (Å²) in [7, 11) is 4.45. The molecule has 0 saturated carbocycles. The Balaban J connectivity index is 1.54. The molecule has 0 spiro atoms. The van der Waals surface area contributed by atoms with Gasteiger partial charge >= 0.3 is 5.97 Å². The summed E-state index contributed by atoms with van der Waals surface area (Å²) in [4.78, 5) is 38.4. The van der Waals surface area contributed by atoms with Crippen LogP contribution in [-0.4, -0.2) is 64.8 Å². The number of nitrogens with zero attached hydrogens (tertiary/aromatic N) is 1. The lowest BCUT2D eigenvalue weighted by molar-refractivity contribution is -0.144. The minimum absolute atomic E-state index is 0.00844. The fraction of sp³-hybridized carbons (Fsp3) is 0.423. The maximum absolute atomic E-state index is 13.0. The molecule has 188 valence electrons. The highest BCUT2D eigenvalue weighted by atomic mass is 16.5. The maximum Gasteiger partial charge on any atom is 0.315 e. The summed E-state index contributed by atoms with van der Waals surface area (Å²) in [5.74, 6) is 0.317. The number of ether oxygens (including phenoxy) is 3. The van der Waals surface area contributed by atoms with Crippen LogP contribution in [0.3, 0.4) is 0 Å². The lowest BCUT2D eigenvalue weighted by Crippen LogP contribution is -2.45. The van der Waals surface area contributed by atoms with Gasteiger partial charge in [-0.1, -0.05) is 18.2 Å². The molecule has 2 amide bonds. The van der Waals surface area contributed by atoms with E-state index in [2.05, 4.69) is 20.3 Å². The number of hydrogen-bond acceptors (Lipinski definition) is 7. The number of hydrogen-bond donors (Lipinski definition) is 2. The topological polar surface area (TPSA) is 106 Å². The minimum Gasteiger partial charge on any atom is -0.493 e. The van der Waals surface area contributed by atoms with Crippen molar-refractivity contribution in [1.29, 1.82) is 0 Å². The third-order valence-electron chi connectivity index (χ3n) is 6.03. The Morgan fingerprint density at radius 3 is 2.37 bits per heavy atom. The number of piperidine rings is 1. The lowest BCUT2D eigenvalue weighted by Gasteiger charge is -2.34. The van der Waals surface area contributed by atoms with Crippen molar-refractivity contribution in [2.45, 2.75) is 31.7 Å². The molecule has 1 aliphatic rings. The first kappa shape index (κ1) is 25.9. The van der Waals surface area contributed by atoms with E-state index in [0.29, 0.717) is 43.1 Å². The van der Waals surface area contributed by atoms with E-state index in [1.54, 1.807) is 14.2 Å². The number of nitrogens with one attached hydrogen (secondary N) is 2. The second-order valence-corrected chi connectivity index (χ2v) is 8.29. The maximum atomic E-state index is 13.0. The van der Waals surface area contributed by atoms with Crippen molar-refractivity contribution in [3.05, 3.63) is 53.6 Å². The van der Waals surface area contributed by atoms with Gasteiger partial charge in [0.25, 0.3) is 5.91 Å². The molecule has 2 N–H and O–H groups in total. The van der Waals surface area contributed by atoms with Gasteiger partial charge in [-0.15, -0.1) is 0 Å². The molecule has 1 saturated heterocycles. The molecular weight excluding hydrogens is 450 g/mol. The lowest BCUT2D eigenvalue weighted by atomic mass is 10.0. The Hall–Kier alpha value is -3.75. The average Bonchev–Trinajstić information content (AvgIpc) is 2.88. The number of esters is 1. The quantitative estimate of drug-likeness (QED) is 0.395. The molecule has 0 radical (unpaired) electrons. The smallest absolute Gasteiger partial charge is 0.315 e. The van der Waals surface area contributed by atoms with Gasteiger partial charge in [-0.05, 0) is 49.1 Å². The first-order chi connectivity index (χ1) is 16.9. The van der Waals surface area contributed by atoms with Crippen molar-refractivity contribution < 1.29 is 28.6 Å². The van der Waals surface area contributed by atoms with Crippen LogP contribution in [0.5, 0.6) is 11.5 Å². The van der Waals surface area contributed by atoms with Gasteiger partial charge < -0.3 is 29.7 Å². The van der Waals surface area contributed by atoms with E-state index in [9.17, 15) is 14.4 Å². The van der Waals surface area contributed by atoms with Gasteiger partial charge in [0.05, 0.1) is 26.9 Å². The standard InChI is InChI=1S/C26H33N3O6/c1-33-22-9-8-18(16-23(22)34-2)10-13-27-26(32)20-6-4-5-7-21(20)29-14-11-19(12-15-29)28-24(30)17-25(31)35-3/h4-9,16,19H,10-15,17H2,1-3H3,(H,27,32)(H,28,30). The fourth-order valence-electron chi connectivity index (χ4n) is 4.14. The van der Waals surface area contributed by atoms with Crippen LogP contribution in [0.25, 0.3) is 0 Å². The van der Waals surface area contributed by atoms with Crippen LogP contribution in [0.15, 0.2) is 42.5 Å². The molecule has 2 aromatic carbocycles. The van der Waals surface area contributed by atoms with E-state index in [0.717, 1.165) is 24.1 Å². The molecule has 0 unspecified atom stereocenters. The SMILES string of the molecule is COC(=O)CC(=O)NC1CCN(c2ccccc2C(=O)NCCc2ccc(OC)c(OC)c2)CC1. The molecule has 9 nitrogen and oxygen atoms in total. The zero-order valence-corrected chi connectivity index (χ0v) is 20.5. The second kappa shape index (κ2) is 12.6. The highest BCUT2D eigenvalue weighted by molar-refractivity contribution is 5.99. The van der Waals surface area contributed by atoms with Crippen LogP contribution >= 0.6 is 0 Å². The van der Waals surface area contributed by atoms with Gasteiger partial charge in [-0.3, -0.25) is 14.4 Å². The van der Waals surface area contributed by atoms with E-state index in [-0.39, 0.29) is 24.3 Å². The van der Waals surface area contributed by atoms with Gasteiger partial charge in [-0.2, -0.15) is 0 Å². The first-order valence-corrected chi connectivity index (χ1v) is 11.6. The van der Waals surface area contributed by atoms with Crippen molar-refractivity contribution in [1.82, 2.24) is 10.6 Å². The monoisotopic (exact) mass is 483 g/mol. The third-order valence-corrected chi connectivity index (χ3v) is 6.03. The third kappa shape index (κ3) is 7.11. The molecule has 35 heavy (non-hydrogen) atoms. The largest absolute Gasteiger partial charge is 0.493 e. The number of rotatable bonds is 10. The van der Waals surface area contributed by atoms with Crippen LogP contribution in [0.2, 0.25) is 0 Å². The van der Waals surface area contributed by atoms with Gasteiger partial charge in [0.15, 0.2) is 11.5 Å². The van der Waals surface area contributed by atoms with Gasteiger partial charge in [0.1, 0.15) is 6.42 Å². The molecule has 1 heterocycles.